The van der Waals surface area contributed by atoms with Crippen LogP contribution in [0.1, 0.15) is 38.2 Å². The van der Waals surface area contributed by atoms with E-state index in [0.29, 0.717) is 0 Å². The highest BCUT2D eigenvalue weighted by Crippen LogP contribution is 2.21. The summed E-state index contributed by atoms with van der Waals surface area (Å²) in [6.45, 7) is 9.08. The standard InChI is InChI=1S/C18H27BrN2/c1-15-3-2-4-18(13-15)21-11-9-20(10-12-21)14-16-5-7-17(19)8-6-16/h5-8,15,18H,2-4,9-14H2,1H3/p+2/t15-,18-/m0/s1. The van der Waals surface area contributed by atoms with Crippen molar-refractivity contribution in [1.29, 1.82) is 0 Å². The number of quaternary nitrogens is 2. The Hall–Kier alpha value is -0.380. The first-order chi connectivity index (χ1) is 10.2. The number of hydrogen-bond acceptors (Lipinski definition) is 0. The Labute approximate surface area is 137 Å². The largest absolute Gasteiger partial charge is 0.323 e. The van der Waals surface area contributed by atoms with E-state index in [-0.39, 0.29) is 0 Å². The van der Waals surface area contributed by atoms with Crippen LogP contribution in [0.25, 0.3) is 0 Å². The predicted molar refractivity (Wildman–Crippen MR) is 90.7 cm³/mol. The molecular weight excluding hydrogens is 324 g/mol. The number of piperazine rings is 1. The maximum atomic E-state index is 3.52. The van der Waals surface area contributed by atoms with E-state index in [9.17, 15) is 0 Å². The summed E-state index contributed by atoms with van der Waals surface area (Å²) >= 11 is 3.52. The van der Waals surface area contributed by atoms with Gasteiger partial charge < -0.3 is 9.80 Å². The van der Waals surface area contributed by atoms with Gasteiger partial charge in [0.25, 0.3) is 0 Å². The van der Waals surface area contributed by atoms with Gasteiger partial charge in [0.2, 0.25) is 0 Å². The second kappa shape index (κ2) is 7.26. The molecule has 1 aromatic rings. The van der Waals surface area contributed by atoms with Gasteiger partial charge in [-0.05, 0) is 30.9 Å². The molecule has 3 rings (SSSR count). The third-order valence-electron chi connectivity index (χ3n) is 5.48. The van der Waals surface area contributed by atoms with E-state index in [1.165, 1.54) is 68.4 Å². The van der Waals surface area contributed by atoms with Gasteiger partial charge in [0.15, 0.2) is 0 Å². The smallest absolute Gasteiger partial charge is 0.127 e. The van der Waals surface area contributed by atoms with Gasteiger partial charge in [-0.15, -0.1) is 0 Å². The Balaban J connectivity index is 1.47. The molecule has 0 spiro atoms. The topological polar surface area (TPSA) is 8.88 Å². The van der Waals surface area contributed by atoms with E-state index >= 15 is 0 Å². The van der Waals surface area contributed by atoms with Gasteiger partial charge >= 0.3 is 0 Å². The summed E-state index contributed by atoms with van der Waals surface area (Å²) in [5.41, 5.74) is 1.47. The van der Waals surface area contributed by atoms with Crippen molar-refractivity contribution in [1.82, 2.24) is 0 Å². The minimum atomic E-state index is 0.961. The molecule has 0 bridgehead atoms. The summed E-state index contributed by atoms with van der Waals surface area (Å²) in [7, 11) is 0. The molecule has 1 saturated carbocycles. The van der Waals surface area contributed by atoms with Crippen molar-refractivity contribution in [2.24, 2.45) is 5.92 Å². The highest BCUT2D eigenvalue weighted by molar-refractivity contribution is 9.10. The maximum Gasteiger partial charge on any atom is 0.127 e. The van der Waals surface area contributed by atoms with Crippen molar-refractivity contribution < 1.29 is 9.80 Å². The van der Waals surface area contributed by atoms with E-state index < -0.39 is 0 Å². The van der Waals surface area contributed by atoms with Crippen LogP contribution in [0.4, 0.5) is 0 Å². The summed E-state index contributed by atoms with van der Waals surface area (Å²) in [5.74, 6) is 0.962. The molecule has 1 saturated heterocycles. The molecule has 1 aliphatic carbocycles. The molecule has 1 aliphatic heterocycles. The van der Waals surface area contributed by atoms with Crippen LogP contribution < -0.4 is 9.80 Å². The summed E-state index contributed by atoms with van der Waals surface area (Å²) in [6.07, 6.45) is 5.87. The first-order valence-electron chi connectivity index (χ1n) is 8.63. The SMILES string of the molecule is C[C@H]1CCC[C@H]([NH+]2CC[NH+](Cc3ccc(Br)cc3)CC2)C1. The molecule has 2 N–H and O–H groups in total. The molecule has 2 aliphatic rings. The zero-order chi connectivity index (χ0) is 14.7. The molecule has 3 heteroatoms. The molecule has 116 valence electrons. The van der Waals surface area contributed by atoms with Crippen molar-refractivity contribution in [2.75, 3.05) is 26.2 Å². The van der Waals surface area contributed by atoms with Crippen molar-refractivity contribution in [3.8, 4) is 0 Å². The third-order valence-corrected chi connectivity index (χ3v) is 6.01. The second-order valence-corrected chi connectivity index (χ2v) is 8.10. The molecule has 1 heterocycles. The normalized spacial score (nSPS) is 33.8. The third kappa shape index (κ3) is 4.30. The number of benzene rings is 1. The summed E-state index contributed by atoms with van der Waals surface area (Å²) in [4.78, 5) is 3.67. The summed E-state index contributed by atoms with van der Waals surface area (Å²) in [5, 5.41) is 0. The van der Waals surface area contributed by atoms with E-state index in [1.807, 2.05) is 4.90 Å². The van der Waals surface area contributed by atoms with Crippen molar-refractivity contribution in [2.45, 2.75) is 45.2 Å². The number of halogens is 1. The van der Waals surface area contributed by atoms with Crippen molar-refractivity contribution in [3.63, 3.8) is 0 Å². The Kier molecular flexibility index (Phi) is 5.36. The average Bonchev–Trinajstić information content (AvgIpc) is 2.50. The van der Waals surface area contributed by atoms with E-state index in [2.05, 4.69) is 47.1 Å². The second-order valence-electron chi connectivity index (χ2n) is 7.18. The Morgan fingerprint density at radius 3 is 2.43 bits per heavy atom. The molecule has 0 radical (unpaired) electrons. The molecule has 1 aromatic carbocycles. The van der Waals surface area contributed by atoms with Gasteiger partial charge in [-0.25, -0.2) is 0 Å². The van der Waals surface area contributed by atoms with Crippen LogP contribution in [0.3, 0.4) is 0 Å². The molecule has 21 heavy (non-hydrogen) atoms. The monoisotopic (exact) mass is 352 g/mol. The Morgan fingerprint density at radius 2 is 1.76 bits per heavy atom. The van der Waals surface area contributed by atoms with Crippen LogP contribution in [0.5, 0.6) is 0 Å². The first-order valence-corrected chi connectivity index (χ1v) is 9.42. The van der Waals surface area contributed by atoms with Crippen LogP contribution in [0.2, 0.25) is 0 Å². The fourth-order valence-electron chi connectivity index (χ4n) is 4.21. The summed E-state index contributed by atoms with van der Waals surface area (Å²) in [6, 6.07) is 9.82. The number of rotatable bonds is 3. The molecule has 2 fully saturated rings. The lowest BCUT2D eigenvalue weighted by atomic mass is 9.86. The lowest BCUT2D eigenvalue weighted by Gasteiger charge is -2.37. The Bertz CT molecular complexity index is 437. The van der Waals surface area contributed by atoms with Crippen LogP contribution in [0, 0.1) is 5.92 Å². The zero-order valence-corrected chi connectivity index (χ0v) is 14.8. The van der Waals surface area contributed by atoms with Crippen LogP contribution in [-0.4, -0.2) is 32.2 Å². The van der Waals surface area contributed by atoms with Gasteiger partial charge in [0.05, 0.1) is 6.04 Å². The van der Waals surface area contributed by atoms with Gasteiger partial charge in [0, 0.05) is 16.5 Å². The molecule has 0 unspecified atom stereocenters. The summed E-state index contributed by atoms with van der Waals surface area (Å²) < 4.78 is 1.18. The number of hydrogen-bond donors (Lipinski definition) is 2. The van der Waals surface area contributed by atoms with Gasteiger partial charge in [-0.3, -0.25) is 0 Å². The minimum absolute atomic E-state index is 0.961. The van der Waals surface area contributed by atoms with Crippen LogP contribution in [0.15, 0.2) is 28.7 Å². The molecule has 0 aromatic heterocycles. The number of nitrogens with one attached hydrogen (secondary N) is 2. The maximum absolute atomic E-state index is 3.52. The highest BCUT2D eigenvalue weighted by Gasteiger charge is 2.32. The predicted octanol–water partition coefficient (Wildman–Crippen LogP) is 1.31. The highest BCUT2D eigenvalue weighted by atomic mass is 79.9. The fourth-order valence-corrected chi connectivity index (χ4v) is 4.47. The lowest BCUT2D eigenvalue weighted by Crippen LogP contribution is -3.29. The quantitative estimate of drug-likeness (QED) is 0.811. The molecule has 2 atom stereocenters. The van der Waals surface area contributed by atoms with Gasteiger partial charge in [0.1, 0.15) is 32.7 Å². The minimum Gasteiger partial charge on any atom is -0.323 e. The van der Waals surface area contributed by atoms with E-state index in [4.69, 9.17) is 0 Å². The van der Waals surface area contributed by atoms with E-state index in [0.717, 1.165) is 12.0 Å². The van der Waals surface area contributed by atoms with Crippen LogP contribution >= 0.6 is 15.9 Å². The first kappa shape index (κ1) is 15.5. The zero-order valence-electron chi connectivity index (χ0n) is 13.2. The van der Waals surface area contributed by atoms with Crippen molar-refractivity contribution >= 4 is 15.9 Å². The molecule has 2 nitrogen and oxygen atoms in total. The fraction of sp³-hybridized carbons (Fsp3) is 0.667. The Morgan fingerprint density at radius 1 is 1.05 bits per heavy atom. The lowest BCUT2D eigenvalue weighted by molar-refractivity contribution is -1.03. The van der Waals surface area contributed by atoms with Gasteiger partial charge in [-0.2, -0.15) is 0 Å². The average molecular weight is 353 g/mol. The molecular formula is C18H29BrN2+2. The van der Waals surface area contributed by atoms with Crippen molar-refractivity contribution in [3.05, 3.63) is 34.3 Å². The van der Waals surface area contributed by atoms with E-state index in [1.54, 1.807) is 4.90 Å². The van der Waals surface area contributed by atoms with Gasteiger partial charge in [-0.1, -0.05) is 41.4 Å². The molecule has 0 amide bonds. The van der Waals surface area contributed by atoms with Crippen LogP contribution in [-0.2, 0) is 6.54 Å².